The third kappa shape index (κ3) is 7.00. The molecule has 0 spiro atoms. The first-order valence-electron chi connectivity index (χ1n) is 16.9. The van der Waals surface area contributed by atoms with Gasteiger partial charge < -0.3 is 23.5 Å². The molecule has 0 bridgehead atoms. The third-order valence-corrected chi connectivity index (χ3v) is 9.11. The lowest BCUT2D eigenvalue weighted by Crippen LogP contribution is -2.43. The maximum absolute atomic E-state index is 7.00. The summed E-state index contributed by atoms with van der Waals surface area (Å²) in [6, 6.07) is 52.2. The predicted molar refractivity (Wildman–Crippen MR) is 191 cm³/mol. The van der Waals surface area contributed by atoms with Gasteiger partial charge in [-0.3, -0.25) is 0 Å². The Hall–Kier alpha value is -4.85. The molecular weight excluding hydrogens is 608 g/mol. The lowest BCUT2D eigenvalue weighted by Gasteiger charge is -2.40. The van der Waals surface area contributed by atoms with Crippen molar-refractivity contribution in [2.75, 3.05) is 6.61 Å². The lowest BCUT2D eigenvalue weighted by atomic mass is 9.76. The van der Waals surface area contributed by atoms with E-state index in [4.69, 9.17) is 23.9 Å². The maximum Gasteiger partial charge on any atom is 0.163 e. The van der Waals surface area contributed by atoms with E-state index in [1.54, 1.807) is 0 Å². The van der Waals surface area contributed by atoms with Crippen LogP contribution in [0.1, 0.15) is 53.6 Å². The molecule has 1 aromatic heterocycles. The van der Waals surface area contributed by atoms with Crippen molar-refractivity contribution in [3.05, 3.63) is 198 Å². The Morgan fingerprint density at radius 3 is 1.57 bits per heavy atom. The number of nitrogens with zero attached hydrogens (tertiary/aromatic N) is 2. The van der Waals surface area contributed by atoms with E-state index in [9.17, 15) is 0 Å². The zero-order valence-corrected chi connectivity index (χ0v) is 28.0. The molecule has 49 heavy (non-hydrogen) atoms. The van der Waals surface area contributed by atoms with Gasteiger partial charge in [-0.1, -0.05) is 152 Å². The van der Waals surface area contributed by atoms with Crippen molar-refractivity contribution in [3.63, 3.8) is 0 Å². The van der Waals surface area contributed by atoms with Crippen LogP contribution in [0.25, 0.3) is 0 Å². The highest BCUT2D eigenvalue weighted by molar-refractivity contribution is 5.51. The second kappa shape index (κ2) is 14.7. The molecule has 0 aliphatic carbocycles. The van der Waals surface area contributed by atoms with Gasteiger partial charge in [-0.25, -0.2) is 4.98 Å². The minimum absolute atomic E-state index is 0.357. The summed E-state index contributed by atoms with van der Waals surface area (Å²) in [5.41, 5.74) is 4.60. The van der Waals surface area contributed by atoms with Gasteiger partial charge in [0.15, 0.2) is 5.79 Å². The standard InChI is InChI=1S/C43H42N2O4/c1-42(2)48-32-38(49-42)39(46-30-33-18-8-3-9-19-33)40(47-31-34-20-10-4-11-21-34)41-44-28-29-45(41)43(35-22-12-5-13-23-35,36-24-14-6-15-25-36)37-26-16-7-17-27-37/h3-29,38-40H,30-32H2,1-2H3/t38-,39-,40-/m1/s1. The zero-order chi connectivity index (χ0) is 33.5. The van der Waals surface area contributed by atoms with Crippen LogP contribution in [0.15, 0.2) is 164 Å². The van der Waals surface area contributed by atoms with E-state index in [1.807, 2.05) is 56.4 Å². The van der Waals surface area contributed by atoms with Gasteiger partial charge in [0.2, 0.25) is 0 Å². The summed E-state index contributed by atoms with van der Waals surface area (Å²) in [7, 11) is 0. The maximum atomic E-state index is 7.00. The van der Waals surface area contributed by atoms with Gasteiger partial charge in [0.1, 0.15) is 29.7 Å². The van der Waals surface area contributed by atoms with Crippen LogP contribution < -0.4 is 0 Å². The monoisotopic (exact) mass is 650 g/mol. The average Bonchev–Trinajstić information content (AvgIpc) is 3.78. The van der Waals surface area contributed by atoms with Crippen LogP contribution in [-0.2, 0) is 37.7 Å². The van der Waals surface area contributed by atoms with Crippen LogP contribution in [-0.4, -0.2) is 34.2 Å². The van der Waals surface area contributed by atoms with Crippen molar-refractivity contribution < 1.29 is 18.9 Å². The van der Waals surface area contributed by atoms with Gasteiger partial charge in [0.05, 0.1) is 19.8 Å². The average molecular weight is 651 g/mol. The van der Waals surface area contributed by atoms with Gasteiger partial charge >= 0.3 is 0 Å². The van der Waals surface area contributed by atoms with Crippen molar-refractivity contribution in [1.29, 1.82) is 0 Å². The molecule has 0 N–H and O–H groups in total. The van der Waals surface area contributed by atoms with Gasteiger partial charge in [0, 0.05) is 12.4 Å². The summed E-state index contributed by atoms with van der Waals surface area (Å²) in [5.74, 6) is -0.0424. The number of hydrogen-bond acceptors (Lipinski definition) is 5. The van der Waals surface area contributed by atoms with Gasteiger partial charge in [-0.2, -0.15) is 0 Å². The van der Waals surface area contributed by atoms with Crippen LogP contribution in [0.5, 0.6) is 0 Å². The smallest absolute Gasteiger partial charge is 0.163 e. The van der Waals surface area contributed by atoms with Crippen molar-refractivity contribution in [3.8, 4) is 0 Å². The molecule has 0 amide bonds. The topological polar surface area (TPSA) is 54.7 Å². The summed E-state index contributed by atoms with van der Waals surface area (Å²) in [6.45, 7) is 4.97. The van der Waals surface area contributed by atoms with Crippen molar-refractivity contribution >= 4 is 0 Å². The molecule has 0 radical (unpaired) electrons. The molecule has 1 fully saturated rings. The molecule has 5 aromatic carbocycles. The van der Waals surface area contributed by atoms with Crippen molar-refractivity contribution in [1.82, 2.24) is 9.55 Å². The molecule has 0 saturated carbocycles. The van der Waals surface area contributed by atoms with E-state index in [2.05, 4.69) is 126 Å². The molecule has 3 atom stereocenters. The molecular formula is C43H42N2O4. The summed E-state index contributed by atoms with van der Waals surface area (Å²) in [4.78, 5) is 5.12. The molecule has 1 aliphatic heterocycles. The van der Waals surface area contributed by atoms with E-state index in [1.165, 1.54) is 0 Å². The normalized spacial score (nSPS) is 17.1. The number of aromatic nitrogens is 2. The van der Waals surface area contributed by atoms with Crippen LogP contribution in [0.3, 0.4) is 0 Å². The third-order valence-electron chi connectivity index (χ3n) is 9.11. The molecule has 248 valence electrons. The van der Waals surface area contributed by atoms with Gasteiger partial charge in [0.25, 0.3) is 0 Å². The first kappa shape index (κ1) is 32.7. The number of imidazole rings is 1. The van der Waals surface area contributed by atoms with Gasteiger partial charge in [-0.05, 0) is 41.7 Å². The molecule has 1 saturated heterocycles. The Morgan fingerprint density at radius 2 is 1.12 bits per heavy atom. The Bertz CT molecular complexity index is 1780. The van der Waals surface area contributed by atoms with Gasteiger partial charge in [-0.15, -0.1) is 0 Å². The van der Waals surface area contributed by atoms with Crippen LogP contribution >= 0.6 is 0 Å². The van der Waals surface area contributed by atoms with Crippen molar-refractivity contribution in [2.24, 2.45) is 0 Å². The van der Waals surface area contributed by atoms with Crippen LogP contribution in [0, 0.1) is 0 Å². The molecule has 1 aliphatic rings. The second-order valence-corrected chi connectivity index (χ2v) is 12.8. The SMILES string of the molecule is CC1(C)OC[C@H]([C@@H](OCc2ccccc2)[C@@H](OCc2ccccc2)c2nccn2C(c2ccccc2)(c2ccccc2)c2ccccc2)O1. The Balaban J connectivity index is 1.42. The Labute approximate surface area is 288 Å². The number of rotatable bonds is 13. The quantitative estimate of drug-likeness (QED) is 0.117. The largest absolute Gasteiger partial charge is 0.368 e. The molecule has 7 rings (SSSR count). The fourth-order valence-corrected chi connectivity index (χ4v) is 6.87. The van der Waals surface area contributed by atoms with Crippen molar-refractivity contribution in [2.45, 2.75) is 56.7 Å². The minimum atomic E-state index is -0.791. The molecule has 6 nitrogen and oxygen atoms in total. The highest BCUT2D eigenvalue weighted by atomic mass is 16.8. The molecule has 0 unspecified atom stereocenters. The number of benzene rings is 5. The van der Waals surface area contributed by atoms with E-state index < -0.39 is 29.6 Å². The van der Waals surface area contributed by atoms with E-state index >= 15 is 0 Å². The van der Waals surface area contributed by atoms with Crippen LogP contribution in [0.4, 0.5) is 0 Å². The lowest BCUT2D eigenvalue weighted by molar-refractivity contribution is -0.182. The summed E-state index contributed by atoms with van der Waals surface area (Å²) in [5, 5.41) is 0. The Morgan fingerprint density at radius 1 is 0.673 bits per heavy atom. The molecule has 6 heteroatoms. The summed E-state index contributed by atoms with van der Waals surface area (Å²) < 4.78 is 28.8. The second-order valence-electron chi connectivity index (χ2n) is 12.8. The Kier molecular flexibility index (Phi) is 9.82. The fraction of sp³-hybridized carbons (Fsp3) is 0.233. The summed E-state index contributed by atoms with van der Waals surface area (Å²) >= 11 is 0. The minimum Gasteiger partial charge on any atom is -0.368 e. The fourth-order valence-electron chi connectivity index (χ4n) is 6.87. The predicted octanol–water partition coefficient (Wildman–Crippen LogP) is 8.72. The number of ether oxygens (including phenoxy) is 4. The highest BCUT2D eigenvalue weighted by Gasteiger charge is 2.47. The van der Waals surface area contributed by atoms with E-state index in [0.29, 0.717) is 19.8 Å². The van der Waals surface area contributed by atoms with E-state index in [0.717, 1.165) is 33.6 Å². The first-order chi connectivity index (χ1) is 24.0. The molecule has 6 aromatic rings. The van der Waals surface area contributed by atoms with Crippen LogP contribution in [0.2, 0.25) is 0 Å². The first-order valence-corrected chi connectivity index (χ1v) is 16.9. The molecule has 2 heterocycles. The zero-order valence-electron chi connectivity index (χ0n) is 28.0. The summed E-state index contributed by atoms with van der Waals surface area (Å²) in [6.07, 6.45) is 2.31. The number of hydrogen-bond donors (Lipinski definition) is 0. The highest BCUT2D eigenvalue weighted by Crippen LogP contribution is 2.44. The van der Waals surface area contributed by atoms with E-state index in [-0.39, 0.29) is 0 Å².